The second-order valence-electron chi connectivity index (χ2n) is 11.7. The smallest absolute Gasteiger partial charge is 0.223 e. The van der Waals surface area contributed by atoms with Gasteiger partial charge >= 0.3 is 0 Å². The molecule has 0 spiro atoms. The predicted molar refractivity (Wildman–Crippen MR) is 161 cm³/mol. The maximum atomic E-state index is 15.7. The number of nitrogens with one attached hydrogen (secondary N) is 3. The molecule has 1 saturated heterocycles. The van der Waals surface area contributed by atoms with E-state index in [0.717, 1.165) is 47.4 Å². The maximum Gasteiger partial charge on any atom is 0.223 e. The average Bonchev–Trinajstić information content (AvgIpc) is 3.36. The Morgan fingerprint density at radius 3 is 2.58 bits per heavy atom. The summed E-state index contributed by atoms with van der Waals surface area (Å²) in [5.74, 6) is 1.86. The summed E-state index contributed by atoms with van der Waals surface area (Å²) in [7, 11) is 0. The molecule has 1 fully saturated rings. The fraction of sp³-hybridized carbons (Fsp3) is 0.552. The fourth-order valence-electron chi connectivity index (χ4n) is 4.65. The molecule has 0 radical (unpaired) electrons. The Labute approximate surface area is 235 Å². The van der Waals surface area contributed by atoms with Crippen LogP contribution in [0.3, 0.4) is 0 Å². The number of halogens is 1. The Hall–Kier alpha value is -2.23. The van der Waals surface area contributed by atoms with Crippen LogP contribution in [0.25, 0.3) is 21.8 Å². The lowest BCUT2D eigenvalue weighted by Gasteiger charge is -2.37. The van der Waals surface area contributed by atoms with Gasteiger partial charge in [-0.15, -0.1) is 11.3 Å². The monoisotopic (exact) mass is 556 g/mol. The predicted octanol–water partition coefficient (Wildman–Crippen LogP) is 7.61. The summed E-state index contributed by atoms with van der Waals surface area (Å²) in [6, 6.07) is 7.35. The van der Waals surface area contributed by atoms with E-state index in [9.17, 15) is 0 Å². The number of benzene rings is 1. The molecule has 1 aromatic carbocycles. The Morgan fingerprint density at radius 1 is 1.11 bits per heavy atom. The first kappa shape index (κ1) is 28.8. The number of piperidine rings is 1. The van der Waals surface area contributed by atoms with Crippen LogP contribution in [0.15, 0.2) is 30.5 Å². The highest BCUT2D eigenvalue weighted by atomic mass is 32.2. The minimum Gasteiger partial charge on any atom is -0.354 e. The highest BCUT2D eigenvalue weighted by molar-refractivity contribution is 8.00. The molecule has 0 saturated carbocycles. The van der Waals surface area contributed by atoms with Crippen molar-refractivity contribution in [1.82, 2.24) is 20.3 Å². The van der Waals surface area contributed by atoms with Gasteiger partial charge in [-0.2, -0.15) is 0 Å². The molecule has 9 heteroatoms. The van der Waals surface area contributed by atoms with Crippen LogP contribution < -0.4 is 15.4 Å². The molecule has 1 aliphatic heterocycles. The molecule has 38 heavy (non-hydrogen) atoms. The highest BCUT2D eigenvalue weighted by Gasteiger charge is 2.31. The third-order valence-corrected chi connectivity index (χ3v) is 9.53. The quantitative estimate of drug-likeness (QED) is 0.175. The summed E-state index contributed by atoms with van der Waals surface area (Å²) >= 11 is 3.09. The third kappa shape index (κ3) is 6.85. The first-order valence-electron chi connectivity index (χ1n) is 13.6. The van der Waals surface area contributed by atoms with Crippen molar-refractivity contribution in [2.75, 3.05) is 35.4 Å². The van der Waals surface area contributed by atoms with Gasteiger partial charge in [-0.05, 0) is 61.9 Å². The van der Waals surface area contributed by atoms with E-state index in [4.69, 9.17) is 9.97 Å². The van der Waals surface area contributed by atoms with Gasteiger partial charge < -0.3 is 15.4 Å². The molecule has 3 heterocycles. The Morgan fingerprint density at radius 2 is 1.87 bits per heavy atom. The third-order valence-electron chi connectivity index (χ3n) is 7.05. The number of anilines is 2. The van der Waals surface area contributed by atoms with E-state index in [1.807, 2.05) is 12.1 Å². The molecule has 0 unspecified atom stereocenters. The molecule has 0 bridgehead atoms. The zero-order valence-corrected chi connectivity index (χ0v) is 25.1. The van der Waals surface area contributed by atoms with E-state index in [-0.39, 0.29) is 16.6 Å². The van der Waals surface area contributed by atoms with Crippen molar-refractivity contribution >= 4 is 34.9 Å². The number of nitrogens with zero attached hydrogens (tertiary/aromatic N) is 3. The van der Waals surface area contributed by atoms with Gasteiger partial charge in [-0.25, -0.2) is 19.3 Å². The van der Waals surface area contributed by atoms with Crippen LogP contribution in [0.4, 0.5) is 16.0 Å². The van der Waals surface area contributed by atoms with Crippen LogP contribution in [0.2, 0.25) is 0 Å². The van der Waals surface area contributed by atoms with E-state index >= 15 is 4.39 Å². The van der Waals surface area contributed by atoms with E-state index in [1.54, 1.807) is 29.7 Å². The number of hydrogen-bond acceptors (Lipinski definition) is 8. The molecule has 2 aromatic heterocycles. The zero-order valence-electron chi connectivity index (χ0n) is 23.4. The van der Waals surface area contributed by atoms with Crippen molar-refractivity contribution in [3.8, 4) is 21.8 Å². The minimum atomic E-state index is -0.292. The molecule has 0 aliphatic carbocycles. The van der Waals surface area contributed by atoms with Gasteiger partial charge in [-0.1, -0.05) is 59.6 Å². The highest BCUT2D eigenvalue weighted by Crippen LogP contribution is 2.42. The molecule has 206 valence electrons. The van der Waals surface area contributed by atoms with Crippen molar-refractivity contribution in [3.05, 3.63) is 41.3 Å². The van der Waals surface area contributed by atoms with E-state index in [0.29, 0.717) is 28.8 Å². The molecule has 0 atom stereocenters. The lowest BCUT2D eigenvalue weighted by Crippen LogP contribution is -2.39. The second kappa shape index (κ2) is 12.3. The number of aromatic nitrogens is 3. The summed E-state index contributed by atoms with van der Waals surface area (Å²) in [6.07, 6.45) is 5.17. The molecular formula is C29H41FN6S2. The average molecular weight is 557 g/mol. The molecule has 3 aromatic rings. The second-order valence-corrected chi connectivity index (χ2v) is 13.6. The lowest BCUT2D eigenvalue weighted by molar-refractivity contribution is 0.180. The SMILES string of the molecule is CCCSNc1cccc(-c2nc(C(C)(C)C)sc2-c2ccnc(NCC(C)(C)C3CCNCC3)n2)c1F. The topological polar surface area (TPSA) is 74.8 Å². The molecule has 3 N–H and O–H groups in total. The van der Waals surface area contributed by atoms with Crippen molar-refractivity contribution in [2.45, 2.75) is 66.2 Å². The van der Waals surface area contributed by atoms with Gasteiger partial charge in [-0.3, -0.25) is 0 Å². The van der Waals surface area contributed by atoms with Crippen LogP contribution in [0, 0.1) is 17.2 Å². The van der Waals surface area contributed by atoms with Gasteiger partial charge in [0.1, 0.15) is 0 Å². The van der Waals surface area contributed by atoms with Gasteiger partial charge in [0.2, 0.25) is 5.95 Å². The summed E-state index contributed by atoms with van der Waals surface area (Å²) in [5, 5.41) is 7.89. The number of rotatable bonds is 10. The summed E-state index contributed by atoms with van der Waals surface area (Å²) < 4.78 is 18.9. The van der Waals surface area contributed by atoms with Crippen molar-refractivity contribution in [3.63, 3.8) is 0 Å². The van der Waals surface area contributed by atoms with E-state index in [1.165, 1.54) is 24.8 Å². The largest absolute Gasteiger partial charge is 0.354 e. The minimum absolute atomic E-state index is 0.128. The van der Waals surface area contributed by atoms with E-state index < -0.39 is 0 Å². The van der Waals surface area contributed by atoms with Gasteiger partial charge in [0.25, 0.3) is 0 Å². The van der Waals surface area contributed by atoms with Gasteiger partial charge in [0.05, 0.1) is 27.0 Å². The molecule has 6 nitrogen and oxygen atoms in total. The Bertz CT molecular complexity index is 1210. The summed E-state index contributed by atoms with van der Waals surface area (Å²) in [5.41, 5.74) is 2.29. The van der Waals surface area contributed by atoms with Crippen LogP contribution >= 0.6 is 23.3 Å². The normalized spacial score (nSPS) is 15.0. The van der Waals surface area contributed by atoms with Gasteiger partial charge in [0, 0.05) is 29.5 Å². The fourth-order valence-corrected chi connectivity index (χ4v) is 6.37. The Kier molecular flexibility index (Phi) is 9.31. The maximum absolute atomic E-state index is 15.7. The first-order chi connectivity index (χ1) is 18.1. The lowest BCUT2D eigenvalue weighted by atomic mass is 9.74. The van der Waals surface area contributed by atoms with Crippen LogP contribution in [0.5, 0.6) is 0 Å². The van der Waals surface area contributed by atoms with Crippen LogP contribution in [-0.2, 0) is 5.41 Å². The van der Waals surface area contributed by atoms with Crippen molar-refractivity contribution in [1.29, 1.82) is 0 Å². The molecular weight excluding hydrogens is 515 g/mol. The number of thiazole rings is 1. The van der Waals surface area contributed by atoms with Gasteiger partial charge in [0.15, 0.2) is 5.82 Å². The van der Waals surface area contributed by atoms with Crippen LogP contribution in [-0.4, -0.2) is 40.3 Å². The van der Waals surface area contributed by atoms with E-state index in [2.05, 4.69) is 61.9 Å². The van der Waals surface area contributed by atoms with Crippen molar-refractivity contribution < 1.29 is 4.39 Å². The standard InChI is InChI=1S/C29H41FN6S2/c1-7-17-37-36-21-10-8-9-20(23(21)30)24-25(38-26(35-24)28(2,3)4)22-13-16-32-27(34-22)33-18-29(5,6)19-11-14-31-15-12-19/h8-10,13,16,19,31,36H,7,11-12,14-15,17-18H2,1-6H3,(H,32,33,34). The zero-order chi connectivity index (χ0) is 27.3. The first-order valence-corrected chi connectivity index (χ1v) is 15.4. The van der Waals surface area contributed by atoms with Crippen molar-refractivity contribution in [2.24, 2.45) is 11.3 Å². The summed E-state index contributed by atoms with van der Waals surface area (Å²) in [4.78, 5) is 15.2. The Balaban J connectivity index is 1.65. The molecule has 0 amide bonds. The summed E-state index contributed by atoms with van der Waals surface area (Å²) in [6.45, 7) is 16.1. The molecule has 4 rings (SSSR count). The van der Waals surface area contributed by atoms with Crippen LogP contribution in [0.1, 0.15) is 65.8 Å². The number of hydrogen-bond donors (Lipinski definition) is 3. The molecule has 1 aliphatic rings.